The van der Waals surface area contributed by atoms with Crippen LogP contribution >= 0.6 is 0 Å². The van der Waals surface area contributed by atoms with E-state index in [0.717, 1.165) is 43.1 Å². The molecular formula is C30H41N5O3. The number of piperidine rings is 2. The van der Waals surface area contributed by atoms with Gasteiger partial charge in [0, 0.05) is 44.6 Å². The van der Waals surface area contributed by atoms with E-state index in [1.165, 1.54) is 0 Å². The Morgan fingerprint density at radius 1 is 1.05 bits per heavy atom. The summed E-state index contributed by atoms with van der Waals surface area (Å²) < 4.78 is 0. The Balaban J connectivity index is 1.33. The van der Waals surface area contributed by atoms with Gasteiger partial charge in [-0.05, 0) is 67.9 Å². The molecule has 8 heteroatoms. The van der Waals surface area contributed by atoms with Gasteiger partial charge in [0.2, 0.25) is 11.8 Å². The van der Waals surface area contributed by atoms with Crippen molar-refractivity contribution in [3.8, 4) is 0 Å². The van der Waals surface area contributed by atoms with Crippen LogP contribution in [-0.2, 0) is 9.59 Å². The maximum atomic E-state index is 13.6. The minimum absolute atomic E-state index is 0.0543. The van der Waals surface area contributed by atoms with Gasteiger partial charge in [0.25, 0.3) is 5.91 Å². The van der Waals surface area contributed by atoms with E-state index in [4.69, 9.17) is 0 Å². The molecule has 38 heavy (non-hydrogen) atoms. The number of hydrogen-bond acceptors (Lipinski definition) is 5. The maximum absolute atomic E-state index is 13.6. The molecule has 4 heterocycles. The lowest BCUT2D eigenvalue weighted by molar-refractivity contribution is -0.141. The lowest BCUT2D eigenvalue weighted by Gasteiger charge is -2.51. The number of carbonyl (C=O) groups excluding carboxylic acids is 3. The van der Waals surface area contributed by atoms with E-state index in [-0.39, 0.29) is 47.6 Å². The van der Waals surface area contributed by atoms with Crippen molar-refractivity contribution in [3.05, 3.63) is 36.2 Å². The van der Waals surface area contributed by atoms with Gasteiger partial charge < -0.3 is 15.1 Å². The highest BCUT2D eigenvalue weighted by molar-refractivity contribution is 5.94. The number of hydrogen-bond donors (Lipinski definition) is 1. The van der Waals surface area contributed by atoms with Crippen molar-refractivity contribution in [3.63, 3.8) is 0 Å². The first kappa shape index (κ1) is 26.6. The first-order valence-corrected chi connectivity index (χ1v) is 14.4. The quantitative estimate of drug-likeness (QED) is 0.646. The zero-order chi connectivity index (χ0) is 26.8. The van der Waals surface area contributed by atoms with E-state index < -0.39 is 0 Å². The van der Waals surface area contributed by atoms with Gasteiger partial charge in [-0.1, -0.05) is 32.9 Å². The van der Waals surface area contributed by atoms with Crippen LogP contribution in [0, 0.1) is 23.7 Å². The second kappa shape index (κ2) is 11.4. The molecule has 0 unspecified atom stereocenters. The lowest BCUT2D eigenvalue weighted by atomic mass is 9.77. The summed E-state index contributed by atoms with van der Waals surface area (Å²) in [5.41, 5.74) is 1.86. The molecule has 3 fully saturated rings. The van der Waals surface area contributed by atoms with Crippen LogP contribution in [0.3, 0.4) is 0 Å². The van der Waals surface area contributed by atoms with Crippen molar-refractivity contribution >= 4 is 28.8 Å². The van der Waals surface area contributed by atoms with Crippen LogP contribution in [0.4, 0.5) is 0 Å². The van der Waals surface area contributed by atoms with E-state index in [1.54, 1.807) is 6.20 Å². The molecule has 0 aliphatic carbocycles. The molecule has 1 aromatic heterocycles. The number of benzene rings is 1. The van der Waals surface area contributed by atoms with E-state index in [0.29, 0.717) is 44.1 Å². The number of amides is 3. The van der Waals surface area contributed by atoms with Crippen molar-refractivity contribution in [2.45, 2.75) is 77.8 Å². The van der Waals surface area contributed by atoms with Crippen molar-refractivity contribution in [2.75, 3.05) is 19.6 Å². The summed E-state index contributed by atoms with van der Waals surface area (Å²) in [4.78, 5) is 52.9. The molecule has 5 rings (SSSR count). The Labute approximate surface area is 225 Å². The molecule has 0 saturated carbocycles. The summed E-state index contributed by atoms with van der Waals surface area (Å²) in [5, 5.41) is 3.25. The Morgan fingerprint density at radius 3 is 2.63 bits per heavy atom. The van der Waals surface area contributed by atoms with Crippen molar-refractivity contribution < 1.29 is 14.4 Å². The van der Waals surface area contributed by atoms with E-state index in [9.17, 15) is 14.4 Å². The minimum atomic E-state index is -0.0879. The third-order valence-electron chi connectivity index (χ3n) is 8.79. The largest absolute Gasteiger partial charge is 0.353 e. The van der Waals surface area contributed by atoms with E-state index in [1.807, 2.05) is 29.2 Å². The zero-order valence-electron chi connectivity index (χ0n) is 22.9. The number of rotatable bonds is 2. The third kappa shape index (κ3) is 5.84. The molecule has 2 aromatic rings. The van der Waals surface area contributed by atoms with Gasteiger partial charge >= 0.3 is 0 Å². The molecule has 1 aromatic carbocycles. The standard InChI is InChI=1S/C30H41N5O3/c1-19(2)23-12-11-20(3)13-29(37)35-17-21-14-22(27(35)9-6-10-28(36)33-23)18-34(16-21)30(38)26-15-31-24-7-4-5-8-25(24)32-26/h4-5,7-8,15,19-23,27H,6,9-14,16-18H2,1-3H3,(H,33,36)/t20-,21+,22-,23+,27+/m1/s1. The SMILES string of the molecule is CC(C)[C@@H]1CC[C@@H](C)CC(=O)N2C[C@H]3C[C@H](CN(C(=O)c4cnc5ccccc5n4)C3)[C@@H]2CCCC(=O)N1. The van der Waals surface area contributed by atoms with Crippen LogP contribution in [0.25, 0.3) is 11.0 Å². The van der Waals surface area contributed by atoms with E-state index in [2.05, 4.69) is 41.0 Å². The van der Waals surface area contributed by atoms with E-state index >= 15 is 0 Å². The van der Waals surface area contributed by atoms with Crippen LogP contribution in [0.2, 0.25) is 0 Å². The van der Waals surface area contributed by atoms with Crippen LogP contribution in [0.5, 0.6) is 0 Å². The molecule has 3 aliphatic rings. The lowest BCUT2D eigenvalue weighted by Crippen LogP contribution is -2.60. The average Bonchev–Trinajstić information content (AvgIpc) is 2.91. The maximum Gasteiger partial charge on any atom is 0.274 e. The number of aromatic nitrogens is 2. The number of para-hydroxylation sites is 2. The highest BCUT2D eigenvalue weighted by Crippen LogP contribution is 2.37. The molecule has 0 spiro atoms. The molecule has 2 bridgehead atoms. The molecule has 1 N–H and O–H groups in total. The van der Waals surface area contributed by atoms with Gasteiger partial charge in [-0.25, -0.2) is 4.98 Å². The summed E-state index contributed by atoms with van der Waals surface area (Å²) in [6, 6.07) is 7.79. The molecule has 3 saturated heterocycles. The third-order valence-corrected chi connectivity index (χ3v) is 8.79. The van der Waals surface area contributed by atoms with Crippen LogP contribution in [-0.4, -0.2) is 69.2 Å². The summed E-state index contributed by atoms with van der Waals surface area (Å²) in [6.45, 7) is 8.37. The van der Waals surface area contributed by atoms with Gasteiger partial charge in [-0.2, -0.15) is 0 Å². The second-order valence-electron chi connectivity index (χ2n) is 12.1. The average molecular weight is 520 g/mol. The highest BCUT2D eigenvalue weighted by Gasteiger charge is 2.44. The molecule has 204 valence electrons. The molecule has 8 nitrogen and oxygen atoms in total. The minimum Gasteiger partial charge on any atom is -0.353 e. The van der Waals surface area contributed by atoms with Crippen LogP contribution < -0.4 is 5.32 Å². The summed E-state index contributed by atoms with van der Waals surface area (Å²) in [5.74, 6) is 1.35. The number of fused-ring (bicyclic) bond motifs is 5. The van der Waals surface area contributed by atoms with Gasteiger partial charge in [0.05, 0.1) is 17.2 Å². The van der Waals surface area contributed by atoms with Crippen molar-refractivity contribution in [1.29, 1.82) is 0 Å². The van der Waals surface area contributed by atoms with Crippen molar-refractivity contribution in [2.24, 2.45) is 23.7 Å². The monoisotopic (exact) mass is 519 g/mol. The number of nitrogens with one attached hydrogen (secondary N) is 1. The van der Waals surface area contributed by atoms with Gasteiger partial charge in [0.15, 0.2) is 0 Å². The summed E-state index contributed by atoms with van der Waals surface area (Å²) in [7, 11) is 0. The normalized spacial score (nSPS) is 29.2. The van der Waals surface area contributed by atoms with Crippen molar-refractivity contribution in [1.82, 2.24) is 25.1 Å². The predicted octanol–water partition coefficient (Wildman–Crippen LogP) is 4.05. The van der Waals surface area contributed by atoms with Gasteiger partial charge in [-0.15, -0.1) is 0 Å². The fourth-order valence-corrected chi connectivity index (χ4v) is 6.70. The van der Waals surface area contributed by atoms with Crippen LogP contribution in [0.1, 0.15) is 76.2 Å². The number of nitrogens with zero attached hydrogens (tertiary/aromatic N) is 4. The topological polar surface area (TPSA) is 95.5 Å². The fourth-order valence-electron chi connectivity index (χ4n) is 6.70. The highest BCUT2D eigenvalue weighted by atomic mass is 16.2. The number of carbonyl (C=O) groups is 3. The van der Waals surface area contributed by atoms with Gasteiger partial charge in [0.1, 0.15) is 5.69 Å². The predicted molar refractivity (Wildman–Crippen MR) is 146 cm³/mol. The Kier molecular flexibility index (Phi) is 7.96. The molecule has 3 amide bonds. The zero-order valence-corrected chi connectivity index (χ0v) is 22.9. The Bertz CT molecular complexity index is 1180. The Hall–Kier alpha value is -3.03. The molecular weight excluding hydrogens is 478 g/mol. The first-order valence-electron chi connectivity index (χ1n) is 14.4. The smallest absolute Gasteiger partial charge is 0.274 e. The Morgan fingerprint density at radius 2 is 1.84 bits per heavy atom. The summed E-state index contributed by atoms with van der Waals surface area (Å²) >= 11 is 0. The first-order chi connectivity index (χ1) is 18.3. The second-order valence-corrected chi connectivity index (χ2v) is 12.1. The summed E-state index contributed by atoms with van der Waals surface area (Å²) in [6.07, 6.45) is 6.97. The molecule has 5 atom stereocenters. The van der Waals surface area contributed by atoms with Crippen LogP contribution in [0.15, 0.2) is 30.5 Å². The molecule has 0 radical (unpaired) electrons. The fraction of sp³-hybridized carbons (Fsp3) is 0.633. The number of likely N-dealkylation sites (tertiary alicyclic amines) is 1. The molecule has 3 aliphatic heterocycles. The van der Waals surface area contributed by atoms with Gasteiger partial charge in [-0.3, -0.25) is 19.4 Å².